The highest BCUT2D eigenvalue weighted by molar-refractivity contribution is 7.92. The van der Waals surface area contributed by atoms with Gasteiger partial charge in [-0.05, 0) is 37.0 Å². The van der Waals surface area contributed by atoms with Crippen LogP contribution >= 0.6 is 11.6 Å². The molecule has 1 saturated heterocycles. The van der Waals surface area contributed by atoms with Crippen molar-refractivity contribution in [1.82, 2.24) is 4.31 Å². The predicted molar refractivity (Wildman–Crippen MR) is 96.9 cm³/mol. The van der Waals surface area contributed by atoms with Crippen LogP contribution in [0.5, 0.6) is 0 Å². The van der Waals surface area contributed by atoms with Gasteiger partial charge in [0.2, 0.25) is 10.0 Å². The molecule has 1 aromatic carbocycles. The third-order valence-corrected chi connectivity index (χ3v) is 9.20. The van der Waals surface area contributed by atoms with Crippen molar-refractivity contribution in [3.63, 3.8) is 0 Å². The summed E-state index contributed by atoms with van der Waals surface area (Å²) in [6.45, 7) is 3.45. The first-order valence-corrected chi connectivity index (χ1v) is 11.9. The molecule has 2 rings (SSSR count). The Bertz CT molecular complexity index is 891. The van der Waals surface area contributed by atoms with E-state index in [9.17, 15) is 30.0 Å². The van der Waals surface area contributed by atoms with Gasteiger partial charge in [0.25, 0.3) is 0 Å². The fourth-order valence-corrected chi connectivity index (χ4v) is 6.92. The largest absolute Gasteiger partial charge is 0.417 e. The van der Waals surface area contributed by atoms with Gasteiger partial charge in [-0.2, -0.15) is 17.5 Å². The molecule has 154 valence electrons. The molecule has 1 heterocycles. The summed E-state index contributed by atoms with van der Waals surface area (Å²) in [6.07, 6.45) is -4.54. The molecule has 1 aromatic rings. The van der Waals surface area contributed by atoms with Gasteiger partial charge in [0.05, 0.1) is 26.5 Å². The maximum atomic E-state index is 13.0. The standard InChI is InChI=1S/C16H21ClF3NO4S2/c1-11(2)10-26(22,23)12-5-7-21(8-6-12)27(24,25)13-3-4-15(17)14(9-13)16(18,19)20/h3-4,9,11-12H,5-8,10H2,1-2H3. The van der Waals surface area contributed by atoms with Crippen LogP contribution in [0.25, 0.3) is 0 Å². The van der Waals surface area contributed by atoms with Gasteiger partial charge in [0.15, 0.2) is 9.84 Å². The van der Waals surface area contributed by atoms with Gasteiger partial charge in [-0.1, -0.05) is 25.4 Å². The Morgan fingerprint density at radius 3 is 2.19 bits per heavy atom. The van der Waals surface area contributed by atoms with Crippen molar-refractivity contribution >= 4 is 31.5 Å². The average molecular weight is 448 g/mol. The van der Waals surface area contributed by atoms with Gasteiger partial charge in [0.1, 0.15) is 0 Å². The molecule has 0 N–H and O–H groups in total. The zero-order valence-corrected chi connectivity index (χ0v) is 17.2. The second-order valence-corrected chi connectivity index (χ2v) is 11.6. The molecular weight excluding hydrogens is 427 g/mol. The number of alkyl halides is 3. The molecule has 0 saturated carbocycles. The lowest BCUT2D eigenvalue weighted by Gasteiger charge is -2.31. The summed E-state index contributed by atoms with van der Waals surface area (Å²) in [5.41, 5.74) is -1.22. The first-order valence-electron chi connectivity index (χ1n) is 8.33. The molecular formula is C16H21ClF3NO4S2. The van der Waals surface area contributed by atoms with Gasteiger partial charge in [0, 0.05) is 13.1 Å². The molecule has 5 nitrogen and oxygen atoms in total. The molecule has 0 bridgehead atoms. The van der Waals surface area contributed by atoms with Crippen molar-refractivity contribution in [3.8, 4) is 0 Å². The van der Waals surface area contributed by atoms with E-state index in [0.717, 1.165) is 16.4 Å². The van der Waals surface area contributed by atoms with Gasteiger partial charge in [-0.15, -0.1) is 0 Å². The molecule has 0 spiro atoms. The van der Waals surface area contributed by atoms with E-state index >= 15 is 0 Å². The summed E-state index contributed by atoms with van der Waals surface area (Å²) >= 11 is 5.53. The van der Waals surface area contributed by atoms with Gasteiger partial charge < -0.3 is 0 Å². The molecule has 27 heavy (non-hydrogen) atoms. The minimum absolute atomic E-state index is 0.0243. The Balaban J connectivity index is 2.21. The second-order valence-electron chi connectivity index (χ2n) is 6.97. The Labute approximate surface area is 162 Å². The average Bonchev–Trinajstić information content (AvgIpc) is 2.53. The molecule has 0 amide bonds. The van der Waals surface area contributed by atoms with Crippen molar-refractivity contribution < 1.29 is 30.0 Å². The molecule has 1 fully saturated rings. The fraction of sp³-hybridized carbons (Fsp3) is 0.625. The Hall–Kier alpha value is -0.840. The monoisotopic (exact) mass is 447 g/mol. The van der Waals surface area contributed by atoms with E-state index in [4.69, 9.17) is 11.6 Å². The summed E-state index contributed by atoms with van der Waals surface area (Å²) < 4.78 is 90.0. The number of benzene rings is 1. The lowest BCUT2D eigenvalue weighted by Crippen LogP contribution is -2.43. The molecule has 0 atom stereocenters. The number of hydrogen-bond acceptors (Lipinski definition) is 4. The summed E-state index contributed by atoms with van der Waals surface area (Å²) in [6, 6.07) is 2.44. The number of sulfonamides is 1. The third kappa shape index (κ3) is 5.16. The second kappa shape index (κ2) is 7.88. The van der Waals surface area contributed by atoms with Crippen molar-refractivity contribution in [2.45, 2.75) is 43.0 Å². The van der Waals surface area contributed by atoms with Crippen molar-refractivity contribution in [3.05, 3.63) is 28.8 Å². The van der Waals surface area contributed by atoms with E-state index in [1.807, 2.05) is 0 Å². The zero-order valence-electron chi connectivity index (χ0n) is 14.8. The van der Waals surface area contributed by atoms with Crippen LogP contribution in [0.3, 0.4) is 0 Å². The highest BCUT2D eigenvalue weighted by Crippen LogP contribution is 2.36. The van der Waals surface area contributed by atoms with Crippen LogP contribution in [0, 0.1) is 5.92 Å². The summed E-state index contributed by atoms with van der Waals surface area (Å²) in [5.74, 6) is -0.0112. The van der Waals surface area contributed by atoms with Crippen LogP contribution < -0.4 is 0 Å². The normalized spacial score (nSPS) is 18.2. The highest BCUT2D eigenvalue weighted by atomic mass is 35.5. The maximum Gasteiger partial charge on any atom is 0.417 e. The van der Waals surface area contributed by atoms with Crippen molar-refractivity contribution in [1.29, 1.82) is 0 Å². The molecule has 0 aromatic heterocycles. The molecule has 11 heteroatoms. The molecule has 0 radical (unpaired) electrons. The molecule has 1 aliphatic heterocycles. The predicted octanol–water partition coefficient (Wildman–Crippen LogP) is 3.58. The number of sulfone groups is 1. The molecule has 0 aliphatic carbocycles. The van der Waals surface area contributed by atoms with Crippen molar-refractivity contribution in [2.75, 3.05) is 18.8 Å². The first-order chi connectivity index (χ1) is 12.2. The van der Waals surface area contributed by atoms with Gasteiger partial charge >= 0.3 is 6.18 Å². The number of nitrogens with zero attached hydrogens (tertiary/aromatic N) is 1. The minimum atomic E-state index is -4.78. The third-order valence-electron chi connectivity index (χ3n) is 4.36. The zero-order chi connectivity index (χ0) is 20.6. The highest BCUT2D eigenvalue weighted by Gasteiger charge is 2.38. The van der Waals surface area contributed by atoms with Crippen LogP contribution in [0.4, 0.5) is 13.2 Å². The summed E-state index contributed by atoms with van der Waals surface area (Å²) in [5, 5.41) is -1.22. The molecule has 1 aliphatic rings. The van der Waals surface area contributed by atoms with Crippen molar-refractivity contribution in [2.24, 2.45) is 5.92 Å². The van der Waals surface area contributed by atoms with E-state index in [0.29, 0.717) is 6.07 Å². The van der Waals surface area contributed by atoms with E-state index in [-0.39, 0.29) is 37.6 Å². The Kier molecular flexibility index (Phi) is 6.56. The smallest absolute Gasteiger partial charge is 0.229 e. The number of halogens is 4. The van der Waals surface area contributed by atoms with E-state index in [1.165, 1.54) is 0 Å². The van der Waals surface area contributed by atoms with E-state index in [1.54, 1.807) is 13.8 Å². The Morgan fingerprint density at radius 2 is 1.70 bits per heavy atom. The van der Waals surface area contributed by atoms with E-state index in [2.05, 4.69) is 0 Å². The summed E-state index contributed by atoms with van der Waals surface area (Å²) in [7, 11) is -7.51. The van der Waals surface area contributed by atoms with Crippen LogP contribution in [0.1, 0.15) is 32.3 Å². The topological polar surface area (TPSA) is 71.5 Å². The number of hydrogen-bond donors (Lipinski definition) is 0. The fourth-order valence-electron chi connectivity index (χ4n) is 3.06. The van der Waals surface area contributed by atoms with Crippen LogP contribution in [-0.2, 0) is 26.0 Å². The molecule has 0 unspecified atom stereocenters. The van der Waals surface area contributed by atoms with Crippen LogP contribution in [0.2, 0.25) is 5.02 Å². The van der Waals surface area contributed by atoms with Gasteiger partial charge in [-0.25, -0.2) is 16.8 Å². The lowest BCUT2D eigenvalue weighted by molar-refractivity contribution is -0.137. The number of rotatable bonds is 5. The Morgan fingerprint density at radius 1 is 1.15 bits per heavy atom. The van der Waals surface area contributed by atoms with Gasteiger partial charge in [-0.3, -0.25) is 0 Å². The lowest BCUT2D eigenvalue weighted by atomic mass is 10.2. The minimum Gasteiger partial charge on any atom is -0.229 e. The van der Waals surface area contributed by atoms with E-state index < -0.39 is 46.8 Å². The number of piperidine rings is 1. The summed E-state index contributed by atoms with van der Waals surface area (Å²) in [4.78, 5) is -0.511. The van der Waals surface area contributed by atoms with Crippen LogP contribution in [-0.4, -0.2) is 45.2 Å². The quantitative estimate of drug-likeness (QED) is 0.691. The first kappa shape index (κ1) is 22.4. The SMILES string of the molecule is CC(C)CS(=O)(=O)C1CCN(S(=O)(=O)c2ccc(Cl)c(C(F)(F)F)c2)CC1. The maximum absolute atomic E-state index is 13.0. The van der Waals surface area contributed by atoms with Crippen LogP contribution in [0.15, 0.2) is 23.1 Å².